The molecule has 254 valence electrons. The van der Waals surface area contributed by atoms with Crippen LogP contribution in [0.1, 0.15) is 0 Å². The van der Waals surface area contributed by atoms with E-state index in [0.717, 1.165) is 37.9 Å². The van der Waals surface area contributed by atoms with Crippen LogP contribution in [0, 0.1) is 0 Å². The molecule has 0 aliphatic heterocycles. The van der Waals surface area contributed by atoms with Gasteiger partial charge in [-0.15, -0.1) is 11.3 Å². The first-order valence-electron chi connectivity index (χ1n) is 18.7. The van der Waals surface area contributed by atoms with Crippen LogP contribution in [-0.4, -0.2) is 18.9 Å². The first-order chi connectivity index (χ1) is 27.3. The van der Waals surface area contributed by atoms with E-state index in [1.54, 1.807) is 11.3 Å². The van der Waals surface area contributed by atoms with Gasteiger partial charge in [0.05, 0.1) is 43.5 Å². The third kappa shape index (κ3) is 3.94. The van der Waals surface area contributed by atoms with Crippen molar-refractivity contribution in [2.45, 2.75) is 0 Å². The zero-order chi connectivity index (χ0) is 35.8. The van der Waals surface area contributed by atoms with Gasteiger partial charge in [0.15, 0.2) is 0 Å². The summed E-state index contributed by atoms with van der Waals surface area (Å²) in [7, 11) is 0. The smallest absolute Gasteiger partial charge is 0.235 e. The highest BCUT2D eigenvalue weighted by Crippen LogP contribution is 2.47. The molecule has 0 atom stereocenters. The van der Waals surface area contributed by atoms with E-state index in [0.29, 0.717) is 5.95 Å². The second-order valence-electron chi connectivity index (χ2n) is 14.6. The number of benzene rings is 8. The number of hydrogen-bond donors (Lipinski definition) is 0. The van der Waals surface area contributed by atoms with E-state index in [1.807, 2.05) is 0 Å². The third-order valence-electron chi connectivity index (χ3n) is 11.6. The quantitative estimate of drug-likeness (QED) is 0.182. The Hall–Kier alpha value is -7.08. The van der Waals surface area contributed by atoms with Gasteiger partial charge in [0.2, 0.25) is 5.95 Å². The van der Waals surface area contributed by atoms with Gasteiger partial charge in [0.1, 0.15) is 0 Å². The number of rotatable bonds is 3. The van der Waals surface area contributed by atoms with Gasteiger partial charge in [-0.25, -0.2) is 9.97 Å². The van der Waals surface area contributed by atoms with Gasteiger partial charge in [-0.3, -0.25) is 4.57 Å². The molecular formula is C50H28N4S. The third-order valence-corrected chi connectivity index (χ3v) is 12.8. The Morgan fingerprint density at radius 3 is 1.98 bits per heavy atom. The van der Waals surface area contributed by atoms with Crippen LogP contribution in [0.3, 0.4) is 0 Å². The Balaban J connectivity index is 1.20. The van der Waals surface area contributed by atoms with E-state index < -0.39 is 0 Å². The summed E-state index contributed by atoms with van der Waals surface area (Å²) in [6.45, 7) is 0. The topological polar surface area (TPSA) is 35.1 Å². The molecule has 5 aromatic heterocycles. The second-order valence-corrected chi connectivity index (χ2v) is 15.6. The lowest BCUT2D eigenvalue weighted by molar-refractivity contribution is 1.02. The Bertz CT molecular complexity index is 3720. The van der Waals surface area contributed by atoms with Crippen LogP contribution in [0.15, 0.2) is 170 Å². The van der Waals surface area contributed by atoms with Crippen molar-refractivity contribution in [3.63, 3.8) is 0 Å². The van der Waals surface area contributed by atoms with Crippen LogP contribution in [-0.2, 0) is 0 Å². The molecule has 13 aromatic rings. The van der Waals surface area contributed by atoms with E-state index in [4.69, 9.17) is 9.97 Å². The van der Waals surface area contributed by atoms with Crippen molar-refractivity contribution in [2.24, 2.45) is 0 Å². The largest absolute Gasteiger partial charge is 0.308 e. The number of fused-ring (bicyclic) bond motifs is 14. The summed E-state index contributed by atoms with van der Waals surface area (Å²) >= 11 is 1.77. The molecule has 0 aliphatic rings. The number of aromatic nitrogens is 4. The van der Waals surface area contributed by atoms with E-state index >= 15 is 0 Å². The van der Waals surface area contributed by atoms with Crippen molar-refractivity contribution in [3.8, 4) is 28.3 Å². The standard InChI is InChI=1S/C50H28N4S/c1-2-12-29(13-3-1)32-24-25-41-37(27-32)38-28-42-44(45-35-17-7-9-19-39(35)53(41)48(38)45)34-16-6-10-20-40(34)54(42)50-51-46(33-23-22-30-14-4-5-15-31(30)26-33)49-47(52-50)36-18-8-11-21-43(36)55-49/h1-28H. The monoisotopic (exact) mass is 716 g/mol. The lowest BCUT2D eigenvalue weighted by Gasteiger charge is -2.11. The van der Waals surface area contributed by atoms with Gasteiger partial charge in [0.25, 0.3) is 0 Å². The van der Waals surface area contributed by atoms with Crippen LogP contribution in [0.2, 0.25) is 0 Å². The molecular weight excluding hydrogens is 689 g/mol. The highest BCUT2D eigenvalue weighted by Gasteiger charge is 2.26. The summed E-state index contributed by atoms with van der Waals surface area (Å²) in [5.74, 6) is 0.678. The Labute approximate surface area is 318 Å². The summed E-state index contributed by atoms with van der Waals surface area (Å²) in [5.41, 5.74) is 11.3. The van der Waals surface area contributed by atoms with E-state index in [1.165, 1.54) is 75.5 Å². The minimum Gasteiger partial charge on any atom is -0.308 e. The Kier molecular flexibility index (Phi) is 5.74. The summed E-state index contributed by atoms with van der Waals surface area (Å²) < 4.78 is 7.12. The molecule has 0 fully saturated rings. The fraction of sp³-hybridized carbons (Fsp3) is 0. The summed E-state index contributed by atoms with van der Waals surface area (Å²) in [6.07, 6.45) is 0. The first kappa shape index (κ1) is 29.4. The molecule has 0 unspecified atom stereocenters. The molecule has 0 saturated carbocycles. The van der Waals surface area contributed by atoms with E-state index in [9.17, 15) is 0 Å². The first-order valence-corrected chi connectivity index (χ1v) is 19.5. The van der Waals surface area contributed by atoms with E-state index in [2.05, 4.69) is 179 Å². The van der Waals surface area contributed by atoms with Crippen molar-refractivity contribution in [3.05, 3.63) is 170 Å². The number of thiophene rings is 1. The molecule has 0 aliphatic carbocycles. The Morgan fingerprint density at radius 1 is 0.418 bits per heavy atom. The van der Waals surface area contributed by atoms with Crippen molar-refractivity contribution in [1.29, 1.82) is 0 Å². The van der Waals surface area contributed by atoms with Crippen molar-refractivity contribution in [1.82, 2.24) is 18.9 Å². The zero-order valence-corrected chi connectivity index (χ0v) is 30.2. The minimum absolute atomic E-state index is 0.678. The predicted octanol–water partition coefficient (Wildman–Crippen LogP) is 13.6. The summed E-state index contributed by atoms with van der Waals surface area (Å²) in [5, 5.41) is 11.0. The van der Waals surface area contributed by atoms with Crippen LogP contribution >= 0.6 is 11.3 Å². The summed E-state index contributed by atoms with van der Waals surface area (Å²) in [6, 6.07) is 61.5. The van der Waals surface area contributed by atoms with Crippen LogP contribution in [0.25, 0.3) is 119 Å². The minimum atomic E-state index is 0.678. The van der Waals surface area contributed by atoms with Crippen molar-refractivity contribution in [2.75, 3.05) is 0 Å². The van der Waals surface area contributed by atoms with Gasteiger partial charge in [-0.05, 0) is 64.4 Å². The molecule has 0 radical (unpaired) electrons. The van der Waals surface area contributed by atoms with Crippen molar-refractivity contribution >= 4 is 102 Å². The predicted molar refractivity (Wildman–Crippen MR) is 232 cm³/mol. The lowest BCUT2D eigenvalue weighted by atomic mass is 10.00. The highest BCUT2D eigenvalue weighted by atomic mass is 32.1. The molecule has 0 bridgehead atoms. The number of para-hydroxylation sites is 2. The summed E-state index contributed by atoms with van der Waals surface area (Å²) in [4.78, 5) is 11.1. The molecule has 0 saturated heterocycles. The molecule has 0 amide bonds. The molecule has 13 rings (SSSR count). The van der Waals surface area contributed by atoms with Gasteiger partial charge in [-0.1, -0.05) is 127 Å². The molecule has 5 heteroatoms. The maximum Gasteiger partial charge on any atom is 0.235 e. The second kappa shape index (κ2) is 10.8. The van der Waals surface area contributed by atoms with Crippen molar-refractivity contribution < 1.29 is 0 Å². The number of hydrogen-bond acceptors (Lipinski definition) is 3. The number of nitrogens with zero attached hydrogens (tertiary/aromatic N) is 4. The highest BCUT2D eigenvalue weighted by molar-refractivity contribution is 7.26. The molecule has 0 N–H and O–H groups in total. The van der Waals surface area contributed by atoms with Crippen LogP contribution in [0.5, 0.6) is 0 Å². The van der Waals surface area contributed by atoms with Crippen LogP contribution < -0.4 is 0 Å². The average Bonchev–Trinajstić information content (AvgIpc) is 3.98. The molecule has 4 nitrogen and oxygen atoms in total. The molecule has 55 heavy (non-hydrogen) atoms. The van der Waals surface area contributed by atoms with Gasteiger partial charge < -0.3 is 4.40 Å². The fourth-order valence-electron chi connectivity index (χ4n) is 9.25. The van der Waals surface area contributed by atoms with Gasteiger partial charge in [0, 0.05) is 48.0 Å². The van der Waals surface area contributed by atoms with Gasteiger partial charge >= 0.3 is 0 Å². The van der Waals surface area contributed by atoms with E-state index in [-0.39, 0.29) is 0 Å². The molecule has 8 aromatic carbocycles. The lowest BCUT2D eigenvalue weighted by Crippen LogP contribution is -2.02. The maximum atomic E-state index is 5.57. The SMILES string of the molecule is c1ccc(-c2ccc3c(c2)c2cc4c(c5ccccc5n4-c4nc(-c5ccc6ccccc6c5)c5sc6ccccc6c5n4)c4c5ccccc5n3c24)cc1. The zero-order valence-electron chi connectivity index (χ0n) is 29.4. The van der Waals surface area contributed by atoms with Crippen LogP contribution in [0.4, 0.5) is 0 Å². The van der Waals surface area contributed by atoms with Gasteiger partial charge in [-0.2, -0.15) is 0 Å². The Morgan fingerprint density at radius 2 is 1.11 bits per heavy atom. The molecule has 0 spiro atoms. The fourth-order valence-corrected chi connectivity index (χ4v) is 10.4. The molecule has 5 heterocycles. The maximum absolute atomic E-state index is 5.57. The average molecular weight is 717 g/mol. The normalized spacial score (nSPS) is 12.4.